The van der Waals surface area contributed by atoms with Crippen LogP contribution in [0.1, 0.15) is 12.8 Å². The van der Waals surface area contributed by atoms with Gasteiger partial charge in [-0.3, -0.25) is 0 Å². The molecule has 2 rings (SSSR count). The van der Waals surface area contributed by atoms with Gasteiger partial charge in [0.05, 0.1) is 0 Å². The highest BCUT2D eigenvalue weighted by molar-refractivity contribution is 5.58. The van der Waals surface area contributed by atoms with Crippen LogP contribution in [-0.2, 0) is 6.42 Å². The Hall–Kier alpha value is -2.33. The zero-order valence-corrected chi connectivity index (χ0v) is 8.66. The van der Waals surface area contributed by atoms with Gasteiger partial charge < -0.3 is 4.42 Å². The second-order valence-corrected chi connectivity index (χ2v) is 3.09. The number of azide groups is 1. The van der Waals surface area contributed by atoms with Crippen molar-refractivity contribution in [3.63, 3.8) is 0 Å². The summed E-state index contributed by atoms with van der Waals surface area (Å²) < 4.78 is 5.39. The van der Waals surface area contributed by atoms with Crippen molar-refractivity contribution in [2.24, 2.45) is 5.11 Å². The van der Waals surface area contributed by atoms with Crippen LogP contribution in [0.3, 0.4) is 0 Å². The molecule has 0 radical (unpaired) electrons. The molecule has 0 amide bonds. The van der Waals surface area contributed by atoms with E-state index in [4.69, 9.17) is 9.95 Å². The number of hydrogen-bond acceptors (Lipinski definition) is 4. The van der Waals surface area contributed by atoms with E-state index >= 15 is 0 Å². The van der Waals surface area contributed by atoms with E-state index in [-0.39, 0.29) is 0 Å². The van der Waals surface area contributed by atoms with Crippen LogP contribution in [0.25, 0.3) is 21.9 Å². The van der Waals surface area contributed by atoms with Crippen molar-refractivity contribution in [2.75, 3.05) is 0 Å². The molecule has 0 bridgehead atoms. The van der Waals surface area contributed by atoms with Gasteiger partial charge in [-0.2, -0.15) is 0 Å². The molecule has 80 valence electrons. The summed E-state index contributed by atoms with van der Waals surface area (Å²) in [6, 6.07) is 7.01. The maximum Gasteiger partial charge on any atom is 0.247 e. The summed E-state index contributed by atoms with van der Waals surface area (Å²) in [6.45, 7) is 1.94. The van der Waals surface area contributed by atoms with E-state index in [9.17, 15) is 0 Å². The average Bonchev–Trinajstić information content (AvgIpc) is 2.78. The lowest BCUT2D eigenvalue weighted by Gasteiger charge is -1.95. The van der Waals surface area contributed by atoms with E-state index < -0.39 is 0 Å². The quantitative estimate of drug-likeness (QED) is 0.447. The predicted molar refractivity (Wildman–Crippen MR) is 57.9 cm³/mol. The van der Waals surface area contributed by atoms with E-state index in [0.29, 0.717) is 23.9 Å². The molecule has 1 heterocycles. The number of aryl methyl sites for hydroxylation is 1. The summed E-state index contributed by atoms with van der Waals surface area (Å²) in [6.07, 6.45) is 0.697. The van der Waals surface area contributed by atoms with Crippen LogP contribution in [0.4, 0.5) is 5.69 Å². The normalized spacial score (nSPS) is 9.81. The summed E-state index contributed by atoms with van der Waals surface area (Å²) >= 11 is 0. The fourth-order valence-electron chi connectivity index (χ4n) is 1.27. The van der Waals surface area contributed by atoms with Crippen LogP contribution >= 0.6 is 0 Å². The molecular formula is C10H9N5O. The molecule has 6 heteroatoms. The highest BCUT2D eigenvalue weighted by atomic mass is 16.4. The highest BCUT2D eigenvalue weighted by Gasteiger charge is 2.06. The third kappa shape index (κ3) is 2.02. The van der Waals surface area contributed by atoms with Gasteiger partial charge in [0.1, 0.15) is 0 Å². The maximum atomic E-state index is 8.33. The van der Waals surface area contributed by atoms with Crippen LogP contribution in [0, 0.1) is 0 Å². The van der Waals surface area contributed by atoms with Crippen molar-refractivity contribution in [3.05, 3.63) is 40.6 Å². The summed E-state index contributed by atoms with van der Waals surface area (Å²) in [4.78, 5) is 2.72. The first-order valence-corrected chi connectivity index (χ1v) is 4.81. The van der Waals surface area contributed by atoms with Crippen molar-refractivity contribution >= 4 is 5.69 Å². The van der Waals surface area contributed by atoms with Gasteiger partial charge in [-0.1, -0.05) is 24.2 Å². The molecule has 0 saturated heterocycles. The lowest BCUT2D eigenvalue weighted by atomic mass is 10.2. The third-order valence-corrected chi connectivity index (χ3v) is 2.02. The van der Waals surface area contributed by atoms with Gasteiger partial charge in [0.25, 0.3) is 0 Å². The molecule has 0 saturated carbocycles. The van der Waals surface area contributed by atoms with Crippen LogP contribution < -0.4 is 0 Å². The molecule has 0 spiro atoms. The average molecular weight is 215 g/mol. The molecular weight excluding hydrogens is 206 g/mol. The molecule has 1 aromatic heterocycles. The minimum atomic E-state index is 0.437. The summed E-state index contributed by atoms with van der Waals surface area (Å²) in [5, 5.41) is 11.3. The Bertz CT molecular complexity index is 542. The zero-order chi connectivity index (χ0) is 11.4. The van der Waals surface area contributed by atoms with Gasteiger partial charge in [-0.05, 0) is 17.7 Å². The Morgan fingerprint density at radius 2 is 2.31 bits per heavy atom. The smallest absolute Gasteiger partial charge is 0.247 e. The van der Waals surface area contributed by atoms with Crippen molar-refractivity contribution in [1.82, 2.24) is 10.2 Å². The summed E-state index contributed by atoms with van der Waals surface area (Å²) in [5.74, 6) is 1.02. The number of rotatable bonds is 3. The molecule has 0 atom stereocenters. The van der Waals surface area contributed by atoms with Gasteiger partial charge in [-0.25, -0.2) is 0 Å². The van der Waals surface area contributed by atoms with Crippen molar-refractivity contribution < 1.29 is 4.42 Å². The summed E-state index contributed by atoms with van der Waals surface area (Å²) in [5.41, 5.74) is 9.60. The molecule has 0 N–H and O–H groups in total. The van der Waals surface area contributed by atoms with Crippen LogP contribution in [0.15, 0.2) is 33.8 Å². The van der Waals surface area contributed by atoms with E-state index in [1.807, 2.05) is 13.0 Å². The van der Waals surface area contributed by atoms with Gasteiger partial charge in [0, 0.05) is 22.6 Å². The van der Waals surface area contributed by atoms with Gasteiger partial charge in [-0.15, -0.1) is 10.2 Å². The minimum Gasteiger partial charge on any atom is -0.421 e. The van der Waals surface area contributed by atoms with Gasteiger partial charge in [0.15, 0.2) is 0 Å². The Kier molecular flexibility index (Phi) is 2.84. The molecule has 0 aliphatic carbocycles. The predicted octanol–water partition coefficient (Wildman–Crippen LogP) is 3.24. The van der Waals surface area contributed by atoms with Gasteiger partial charge >= 0.3 is 0 Å². The number of aromatic nitrogens is 2. The number of hydrogen-bond donors (Lipinski definition) is 0. The Morgan fingerprint density at radius 3 is 3.00 bits per heavy atom. The first-order chi connectivity index (χ1) is 7.83. The molecule has 1 aromatic carbocycles. The van der Waals surface area contributed by atoms with E-state index in [0.717, 1.165) is 5.56 Å². The van der Waals surface area contributed by atoms with E-state index in [2.05, 4.69) is 20.2 Å². The fourth-order valence-corrected chi connectivity index (χ4v) is 1.27. The highest BCUT2D eigenvalue weighted by Crippen LogP contribution is 2.23. The molecule has 6 nitrogen and oxygen atoms in total. The zero-order valence-electron chi connectivity index (χ0n) is 8.66. The van der Waals surface area contributed by atoms with Crippen molar-refractivity contribution in [2.45, 2.75) is 13.3 Å². The van der Waals surface area contributed by atoms with E-state index in [1.165, 1.54) is 0 Å². The first-order valence-electron chi connectivity index (χ1n) is 4.81. The molecule has 0 aliphatic heterocycles. The van der Waals surface area contributed by atoms with Crippen LogP contribution in [-0.4, -0.2) is 10.2 Å². The lowest BCUT2D eigenvalue weighted by molar-refractivity contribution is 0.513. The Morgan fingerprint density at radius 1 is 1.44 bits per heavy atom. The molecule has 2 aromatic rings. The van der Waals surface area contributed by atoms with Crippen molar-refractivity contribution in [1.29, 1.82) is 0 Å². The first kappa shape index (κ1) is 10.2. The standard InChI is InChI=1S/C10H9N5O/c1-2-9-13-14-10(16-9)7-4-3-5-8(6-7)12-15-11/h3-6H,2H2,1H3. The Labute approximate surface area is 91.6 Å². The SMILES string of the molecule is CCc1nnc(-c2cccc(N=[N+]=[N-])c2)o1. The largest absolute Gasteiger partial charge is 0.421 e. The topological polar surface area (TPSA) is 87.7 Å². The molecule has 0 unspecified atom stereocenters. The maximum absolute atomic E-state index is 8.33. The summed E-state index contributed by atoms with van der Waals surface area (Å²) in [7, 11) is 0. The molecule has 16 heavy (non-hydrogen) atoms. The van der Waals surface area contributed by atoms with E-state index in [1.54, 1.807) is 18.2 Å². The molecule has 0 aliphatic rings. The third-order valence-electron chi connectivity index (χ3n) is 2.02. The Balaban J connectivity index is 2.39. The minimum absolute atomic E-state index is 0.437. The number of nitrogens with zero attached hydrogens (tertiary/aromatic N) is 5. The van der Waals surface area contributed by atoms with Crippen LogP contribution in [0.2, 0.25) is 0 Å². The van der Waals surface area contributed by atoms with Crippen molar-refractivity contribution in [3.8, 4) is 11.5 Å². The molecule has 0 fully saturated rings. The second-order valence-electron chi connectivity index (χ2n) is 3.09. The second kappa shape index (κ2) is 4.46. The monoisotopic (exact) mass is 215 g/mol. The number of benzene rings is 1. The van der Waals surface area contributed by atoms with Gasteiger partial charge in [0.2, 0.25) is 11.8 Å². The fraction of sp³-hybridized carbons (Fsp3) is 0.200. The lowest BCUT2D eigenvalue weighted by Crippen LogP contribution is -1.77. The van der Waals surface area contributed by atoms with Crippen LogP contribution in [0.5, 0.6) is 0 Å².